The Labute approximate surface area is 126 Å². The van der Waals surface area contributed by atoms with Gasteiger partial charge in [0.05, 0.1) is 25.9 Å². The molecule has 1 N–H and O–H groups in total. The molecule has 1 atom stereocenters. The second-order valence-corrected chi connectivity index (χ2v) is 5.32. The van der Waals surface area contributed by atoms with Gasteiger partial charge >= 0.3 is 0 Å². The largest absolute Gasteiger partial charge is 0.496 e. The fourth-order valence-electron chi connectivity index (χ4n) is 2.44. The Bertz CT molecular complexity index is 623. The van der Waals surface area contributed by atoms with E-state index in [4.69, 9.17) is 9.47 Å². The maximum Gasteiger partial charge on any atom is 0.141 e. The molecule has 0 fully saturated rings. The standard InChI is InChI=1S/C18H23NO2/c1-12-6-8-17(20-4)15(10-12)14(3)19-16-11-13(2)7-9-18(16)21-5/h6-11,14,19H,1-5H3. The van der Waals surface area contributed by atoms with Gasteiger partial charge in [-0.1, -0.05) is 23.8 Å². The van der Waals surface area contributed by atoms with Gasteiger partial charge in [-0.3, -0.25) is 0 Å². The molecule has 0 spiro atoms. The minimum Gasteiger partial charge on any atom is -0.496 e. The molecule has 1 unspecified atom stereocenters. The summed E-state index contributed by atoms with van der Waals surface area (Å²) >= 11 is 0. The zero-order chi connectivity index (χ0) is 15.4. The van der Waals surface area contributed by atoms with Crippen molar-refractivity contribution in [1.29, 1.82) is 0 Å². The molecule has 0 amide bonds. The van der Waals surface area contributed by atoms with Crippen LogP contribution in [0.25, 0.3) is 0 Å². The molecule has 0 saturated heterocycles. The first-order valence-corrected chi connectivity index (χ1v) is 7.11. The number of rotatable bonds is 5. The Morgan fingerprint density at radius 3 is 2.05 bits per heavy atom. The highest BCUT2D eigenvalue weighted by Crippen LogP contribution is 2.32. The van der Waals surface area contributed by atoms with Gasteiger partial charge < -0.3 is 14.8 Å². The van der Waals surface area contributed by atoms with Crippen LogP contribution in [-0.2, 0) is 0 Å². The third-order valence-corrected chi connectivity index (χ3v) is 3.58. The molecule has 0 heterocycles. The fourth-order valence-corrected chi connectivity index (χ4v) is 2.44. The number of methoxy groups -OCH3 is 2. The van der Waals surface area contributed by atoms with E-state index >= 15 is 0 Å². The predicted octanol–water partition coefficient (Wildman–Crippen LogP) is 4.49. The van der Waals surface area contributed by atoms with Crippen LogP contribution in [0.15, 0.2) is 36.4 Å². The average molecular weight is 285 g/mol. The summed E-state index contributed by atoms with van der Waals surface area (Å²) in [5, 5.41) is 3.52. The Kier molecular flexibility index (Phi) is 4.73. The summed E-state index contributed by atoms with van der Waals surface area (Å²) in [6.07, 6.45) is 0. The molecule has 0 aromatic heterocycles. The van der Waals surface area contributed by atoms with Crippen molar-refractivity contribution >= 4 is 5.69 Å². The lowest BCUT2D eigenvalue weighted by Crippen LogP contribution is -2.09. The van der Waals surface area contributed by atoms with Crippen molar-refractivity contribution in [2.24, 2.45) is 0 Å². The molecule has 2 aromatic carbocycles. The van der Waals surface area contributed by atoms with E-state index in [1.165, 1.54) is 11.1 Å². The van der Waals surface area contributed by atoms with Gasteiger partial charge in [0, 0.05) is 5.56 Å². The summed E-state index contributed by atoms with van der Waals surface area (Å²) in [6, 6.07) is 12.5. The molecule has 0 bridgehead atoms. The van der Waals surface area contributed by atoms with E-state index in [1.54, 1.807) is 14.2 Å². The van der Waals surface area contributed by atoms with Gasteiger partial charge in [-0.25, -0.2) is 0 Å². The first-order chi connectivity index (χ1) is 10.0. The van der Waals surface area contributed by atoms with E-state index in [0.29, 0.717) is 0 Å². The minimum absolute atomic E-state index is 0.121. The van der Waals surface area contributed by atoms with E-state index in [2.05, 4.69) is 44.3 Å². The molecule has 0 saturated carbocycles. The van der Waals surface area contributed by atoms with Crippen molar-refractivity contribution in [3.05, 3.63) is 53.1 Å². The highest BCUT2D eigenvalue weighted by molar-refractivity contribution is 5.59. The molecule has 2 aromatic rings. The van der Waals surface area contributed by atoms with Crippen LogP contribution in [0.5, 0.6) is 11.5 Å². The van der Waals surface area contributed by atoms with Crippen molar-refractivity contribution in [3.8, 4) is 11.5 Å². The van der Waals surface area contributed by atoms with Gasteiger partial charge in [0.25, 0.3) is 0 Å². The van der Waals surface area contributed by atoms with Gasteiger partial charge in [0.15, 0.2) is 0 Å². The summed E-state index contributed by atoms with van der Waals surface area (Å²) in [5.41, 5.74) is 4.55. The first kappa shape index (κ1) is 15.2. The van der Waals surface area contributed by atoms with E-state index in [1.807, 2.05) is 18.2 Å². The van der Waals surface area contributed by atoms with Crippen molar-refractivity contribution in [2.45, 2.75) is 26.8 Å². The van der Waals surface area contributed by atoms with Gasteiger partial charge in [-0.2, -0.15) is 0 Å². The van der Waals surface area contributed by atoms with E-state index in [9.17, 15) is 0 Å². The molecule has 0 aliphatic heterocycles. The minimum atomic E-state index is 0.121. The van der Waals surface area contributed by atoms with Gasteiger partial charge in [0.1, 0.15) is 11.5 Å². The zero-order valence-electron chi connectivity index (χ0n) is 13.4. The number of hydrogen-bond acceptors (Lipinski definition) is 3. The Morgan fingerprint density at radius 2 is 1.43 bits per heavy atom. The van der Waals surface area contributed by atoms with Crippen LogP contribution in [0.4, 0.5) is 5.69 Å². The first-order valence-electron chi connectivity index (χ1n) is 7.11. The third-order valence-electron chi connectivity index (χ3n) is 3.58. The van der Waals surface area contributed by atoms with Crippen LogP contribution in [-0.4, -0.2) is 14.2 Å². The highest BCUT2D eigenvalue weighted by atomic mass is 16.5. The molecule has 3 heteroatoms. The molecule has 3 nitrogen and oxygen atoms in total. The Morgan fingerprint density at radius 1 is 0.857 bits per heavy atom. The lowest BCUT2D eigenvalue weighted by atomic mass is 10.0. The maximum atomic E-state index is 5.47. The Balaban J connectivity index is 2.31. The number of ether oxygens (including phenoxy) is 2. The molecule has 0 radical (unpaired) electrons. The van der Waals surface area contributed by atoms with Crippen LogP contribution in [0, 0.1) is 13.8 Å². The summed E-state index contributed by atoms with van der Waals surface area (Å²) in [4.78, 5) is 0. The molecule has 0 aliphatic rings. The molecular weight excluding hydrogens is 262 g/mol. The predicted molar refractivity (Wildman–Crippen MR) is 87.5 cm³/mol. The normalized spacial score (nSPS) is 11.9. The smallest absolute Gasteiger partial charge is 0.141 e. The van der Waals surface area contributed by atoms with Crippen LogP contribution in [0.1, 0.15) is 29.7 Å². The number of hydrogen-bond donors (Lipinski definition) is 1. The third kappa shape index (κ3) is 3.48. The Hall–Kier alpha value is -2.16. The quantitative estimate of drug-likeness (QED) is 0.877. The van der Waals surface area contributed by atoms with Crippen molar-refractivity contribution in [1.82, 2.24) is 0 Å². The van der Waals surface area contributed by atoms with Crippen LogP contribution in [0.3, 0.4) is 0 Å². The van der Waals surface area contributed by atoms with Gasteiger partial charge in [-0.05, 0) is 44.5 Å². The van der Waals surface area contributed by atoms with E-state index in [0.717, 1.165) is 22.7 Å². The zero-order valence-corrected chi connectivity index (χ0v) is 13.4. The highest BCUT2D eigenvalue weighted by Gasteiger charge is 2.13. The van der Waals surface area contributed by atoms with Crippen LogP contribution >= 0.6 is 0 Å². The van der Waals surface area contributed by atoms with Gasteiger partial charge in [-0.15, -0.1) is 0 Å². The summed E-state index contributed by atoms with van der Waals surface area (Å²) in [6.45, 7) is 6.28. The summed E-state index contributed by atoms with van der Waals surface area (Å²) in [7, 11) is 3.39. The number of aryl methyl sites for hydroxylation is 2. The summed E-state index contributed by atoms with van der Waals surface area (Å²) in [5.74, 6) is 1.74. The van der Waals surface area contributed by atoms with Crippen molar-refractivity contribution in [2.75, 3.05) is 19.5 Å². The van der Waals surface area contributed by atoms with Crippen molar-refractivity contribution < 1.29 is 9.47 Å². The molecule has 2 rings (SSSR count). The molecular formula is C18H23NO2. The topological polar surface area (TPSA) is 30.5 Å². The molecule has 112 valence electrons. The lowest BCUT2D eigenvalue weighted by Gasteiger charge is -2.21. The van der Waals surface area contributed by atoms with Crippen LogP contribution in [0.2, 0.25) is 0 Å². The van der Waals surface area contributed by atoms with E-state index < -0.39 is 0 Å². The number of anilines is 1. The van der Waals surface area contributed by atoms with E-state index in [-0.39, 0.29) is 6.04 Å². The SMILES string of the molecule is COc1ccc(C)cc1NC(C)c1cc(C)ccc1OC. The second kappa shape index (κ2) is 6.53. The number of benzene rings is 2. The van der Waals surface area contributed by atoms with Gasteiger partial charge in [0.2, 0.25) is 0 Å². The molecule has 0 aliphatic carbocycles. The fraction of sp³-hybridized carbons (Fsp3) is 0.333. The second-order valence-electron chi connectivity index (χ2n) is 5.32. The maximum absolute atomic E-state index is 5.47. The lowest BCUT2D eigenvalue weighted by molar-refractivity contribution is 0.407. The van der Waals surface area contributed by atoms with Crippen LogP contribution < -0.4 is 14.8 Å². The molecule has 21 heavy (non-hydrogen) atoms. The summed E-state index contributed by atoms with van der Waals surface area (Å²) < 4.78 is 10.9. The number of nitrogens with one attached hydrogen (secondary N) is 1. The average Bonchev–Trinajstić information content (AvgIpc) is 2.47. The van der Waals surface area contributed by atoms with Crippen molar-refractivity contribution in [3.63, 3.8) is 0 Å². The monoisotopic (exact) mass is 285 g/mol.